The van der Waals surface area contributed by atoms with Gasteiger partial charge in [0.25, 0.3) is 0 Å². The summed E-state index contributed by atoms with van der Waals surface area (Å²) in [5, 5.41) is 7.22. The van der Waals surface area contributed by atoms with Gasteiger partial charge < -0.3 is 4.74 Å². The van der Waals surface area contributed by atoms with Crippen LogP contribution in [-0.4, -0.2) is 37.0 Å². The van der Waals surface area contributed by atoms with E-state index in [4.69, 9.17) is 9.84 Å². The Morgan fingerprint density at radius 3 is 2.80 bits per heavy atom. The molecule has 1 aliphatic heterocycles. The molecule has 3 nitrogen and oxygen atoms in total. The van der Waals surface area contributed by atoms with E-state index in [1.165, 1.54) is 24.1 Å². The molecule has 110 valence electrons. The molecule has 1 saturated heterocycles. The summed E-state index contributed by atoms with van der Waals surface area (Å²) < 4.78 is 5.32. The van der Waals surface area contributed by atoms with Crippen molar-refractivity contribution in [2.75, 3.05) is 20.3 Å². The number of rotatable bonds is 6. The minimum atomic E-state index is 0.433. The smallest absolute Gasteiger partial charge is 0.0705 e. The maximum absolute atomic E-state index is 5.32. The quantitative estimate of drug-likeness (QED) is 0.741. The monoisotopic (exact) mass is 274 g/mol. The van der Waals surface area contributed by atoms with Gasteiger partial charge in [-0.05, 0) is 24.8 Å². The number of methoxy groups -OCH3 is 1. The van der Waals surface area contributed by atoms with E-state index < -0.39 is 0 Å². The van der Waals surface area contributed by atoms with Crippen molar-refractivity contribution in [3.8, 4) is 0 Å². The van der Waals surface area contributed by atoms with E-state index in [0.29, 0.717) is 12.0 Å². The Kier molecular flexibility index (Phi) is 5.60. The van der Waals surface area contributed by atoms with E-state index in [9.17, 15) is 0 Å². The molecule has 2 rings (SSSR count). The highest BCUT2D eigenvalue weighted by Gasteiger charge is 2.24. The lowest BCUT2D eigenvalue weighted by Gasteiger charge is -2.24. The Morgan fingerprint density at radius 2 is 2.15 bits per heavy atom. The van der Waals surface area contributed by atoms with Crippen molar-refractivity contribution in [3.63, 3.8) is 0 Å². The predicted molar refractivity (Wildman–Crippen MR) is 84.0 cm³/mol. The number of hydrazone groups is 1. The zero-order valence-electron chi connectivity index (χ0n) is 12.9. The topological polar surface area (TPSA) is 24.8 Å². The van der Waals surface area contributed by atoms with Gasteiger partial charge in [0.2, 0.25) is 0 Å². The highest BCUT2D eigenvalue weighted by molar-refractivity contribution is 6.01. The van der Waals surface area contributed by atoms with Crippen LogP contribution in [0.1, 0.15) is 38.7 Å². The maximum atomic E-state index is 5.32. The molecule has 0 spiro atoms. The Balaban J connectivity index is 2.24. The molecule has 20 heavy (non-hydrogen) atoms. The highest BCUT2D eigenvalue weighted by atomic mass is 16.5. The van der Waals surface area contributed by atoms with Crippen molar-refractivity contribution in [1.29, 1.82) is 0 Å². The van der Waals surface area contributed by atoms with Crippen molar-refractivity contribution >= 4 is 5.71 Å². The molecular weight excluding hydrogens is 248 g/mol. The second kappa shape index (κ2) is 7.44. The minimum absolute atomic E-state index is 0.433. The van der Waals surface area contributed by atoms with Gasteiger partial charge in [0.1, 0.15) is 0 Å². The second-order valence-corrected chi connectivity index (χ2v) is 5.58. The Bertz CT molecular complexity index is 430. The molecule has 0 amide bonds. The van der Waals surface area contributed by atoms with Crippen molar-refractivity contribution in [1.82, 2.24) is 5.01 Å². The first-order valence-electron chi connectivity index (χ1n) is 7.65. The summed E-state index contributed by atoms with van der Waals surface area (Å²) in [4.78, 5) is 0. The number of hydrogen-bond acceptors (Lipinski definition) is 3. The zero-order chi connectivity index (χ0) is 14.4. The maximum Gasteiger partial charge on any atom is 0.0705 e. The largest absolute Gasteiger partial charge is 0.382 e. The summed E-state index contributed by atoms with van der Waals surface area (Å²) in [7, 11) is 1.77. The van der Waals surface area contributed by atoms with Crippen LogP contribution in [0.3, 0.4) is 0 Å². The normalized spacial score (nSPS) is 21.2. The summed E-state index contributed by atoms with van der Waals surface area (Å²) >= 11 is 0. The molecule has 0 bridgehead atoms. The fourth-order valence-corrected chi connectivity index (χ4v) is 2.70. The van der Waals surface area contributed by atoms with Gasteiger partial charge in [0.15, 0.2) is 0 Å². The molecular formula is C17H26N2O. The minimum Gasteiger partial charge on any atom is -0.382 e. The highest BCUT2D eigenvalue weighted by Crippen LogP contribution is 2.21. The number of ether oxygens (including phenoxy) is 1. The molecule has 0 N–H and O–H groups in total. The van der Waals surface area contributed by atoms with E-state index in [1.54, 1.807) is 7.11 Å². The van der Waals surface area contributed by atoms with Crippen LogP contribution in [0.25, 0.3) is 0 Å². The lowest BCUT2D eigenvalue weighted by atomic mass is 9.96. The first-order valence-corrected chi connectivity index (χ1v) is 7.65. The van der Waals surface area contributed by atoms with Crippen molar-refractivity contribution in [2.24, 2.45) is 11.0 Å². The predicted octanol–water partition coefficient (Wildman–Crippen LogP) is 3.55. The molecule has 0 aliphatic carbocycles. The van der Waals surface area contributed by atoms with Crippen LogP contribution < -0.4 is 0 Å². The van der Waals surface area contributed by atoms with Gasteiger partial charge >= 0.3 is 0 Å². The Labute approximate surface area is 122 Å². The van der Waals surface area contributed by atoms with Crippen molar-refractivity contribution in [3.05, 3.63) is 35.9 Å². The molecule has 1 aromatic rings. The third kappa shape index (κ3) is 3.60. The van der Waals surface area contributed by atoms with Crippen LogP contribution in [0.15, 0.2) is 35.4 Å². The van der Waals surface area contributed by atoms with Crippen LogP contribution in [0.2, 0.25) is 0 Å². The molecule has 1 fully saturated rings. The molecule has 0 unspecified atom stereocenters. The van der Waals surface area contributed by atoms with Gasteiger partial charge in [-0.3, -0.25) is 5.01 Å². The summed E-state index contributed by atoms with van der Waals surface area (Å²) in [6.45, 7) is 6.29. The van der Waals surface area contributed by atoms with Gasteiger partial charge in [-0.2, -0.15) is 5.10 Å². The van der Waals surface area contributed by atoms with Gasteiger partial charge in [-0.15, -0.1) is 0 Å². The molecule has 1 heterocycles. The van der Waals surface area contributed by atoms with E-state index in [2.05, 4.69) is 49.2 Å². The van der Waals surface area contributed by atoms with Crippen LogP contribution in [0.5, 0.6) is 0 Å². The van der Waals surface area contributed by atoms with Gasteiger partial charge in [-0.1, -0.05) is 44.2 Å². The number of benzene rings is 1. The number of hydrogen-bond donors (Lipinski definition) is 0. The third-order valence-corrected chi connectivity index (χ3v) is 4.09. The van der Waals surface area contributed by atoms with Crippen molar-refractivity contribution < 1.29 is 4.74 Å². The molecule has 0 saturated carbocycles. The Hall–Kier alpha value is -1.35. The average molecular weight is 274 g/mol. The summed E-state index contributed by atoms with van der Waals surface area (Å²) in [6.07, 6.45) is 3.50. The molecule has 1 aliphatic rings. The summed E-state index contributed by atoms with van der Waals surface area (Å²) in [5.41, 5.74) is 2.45. The van der Waals surface area contributed by atoms with Crippen molar-refractivity contribution in [2.45, 2.75) is 39.2 Å². The fourth-order valence-electron chi connectivity index (χ4n) is 2.70. The van der Waals surface area contributed by atoms with Crippen LogP contribution >= 0.6 is 0 Å². The van der Waals surface area contributed by atoms with Crippen LogP contribution in [-0.2, 0) is 4.74 Å². The van der Waals surface area contributed by atoms with E-state index in [0.717, 1.165) is 19.6 Å². The first kappa shape index (κ1) is 15.0. The van der Waals surface area contributed by atoms with E-state index >= 15 is 0 Å². The summed E-state index contributed by atoms with van der Waals surface area (Å²) in [6, 6.07) is 11.0. The first-order chi connectivity index (χ1) is 9.76. The number of nitrogens with zero attached hydrogens (tertiary/aromatic N) is 2. The molecule has 0 radical (unpaired) electrons. The second-order valence-electron chi connectivity index (χ2n) is 5.58. The lowest BCUT2D eigenvalue weighted by molar-refractivity contribution is 0.117. The van der Waals surface area contributed by atoms with Crippen LogP contribution in [0, 0.1) is 5.92 Å². The SMILES string of the molecule is CC[C@H](C)/C(=N/N1CCC[C@H]1COC)c1ccccc1. The fraction of sp³-hybridized carbons (Fsp3) is 0.588. The molecule has 2 atom stereocenters. The average Bonchev–Trinajstić information content (AvgIpc) is 2.92. The van der Waals surface area contributed by atoms with Gasteiger partial charge in [-0.25, -0.2) is 0 Å². The summed E-state index contributed by atoms with van der Waals surface area (Å²) in [5.74, 6) is 0.473. The third-order valence-electron chi connectivity index (χ3n) is 4.09. The standard InChI is InChI=1S/C17H26N2O/c1-4-14(2)17(15-9-6-5-7-10-15)18-19-12-8-11-16(19)13-20-3/h5-7,9-10,14,16H,4,8,11-13H2,1-3H3/b18-17-/t14-,16-/m0/s1. The van der Waals surface area contributed by atoms with Gasteiger partial charge in [0.05, 0.1) is 18.4 Å². The Morgan fingerprint density at radius 1 is 1.40 bits per heavy atom. The van der Waals surface area contributed by atoms with Gasteiger partial charge in [0, 0.05) is 19.6 Å². The lowest BCUT2D eigenvalue weighted by Crippen LogP contribution is -2.30. The zero-order valence-corrected chi connectivity index (χ0v) is 12.9. The van der Waals surface area contributed by atoms with E-state index in [-0.39, 0.29) is 0 Å². The molecule has 3 heteroatoms. The molecule has 1 aromatic carbocycles. The molecule has 0 aromatic heterocycles. The van der Waals surface area contributed by atoms with Crippen LogP contribution in [0.4, 0.5) is 0 Å². The van der Waals surface area contributed by atoms with E-state index in [1.807, 2.05) is 0 Å².